The van der Waals surface area contributed by atoms with Crippen LogP contribution in [0.15, 0.2) is 42.4 Å². The first kappa shape index (κ1) is 46.5. The van der Waals surface area contributed by atoms with E-state index in [1.54, 1.807) is 19.5 Å². The lowest BCUT2D eigenvalue weighted by molar-refractivity contribution is -0.152. The van der Waals surface area contributed by atoms with Gasteiger partial charge in [-0.1, -0.05) is 7.43 Å². The number of hydrogen-bond donors (Lipinski definition) is 0. The maximum absolute atomic E-state index is 12.1. The predicted octanol–water partition coefficient (Wildman–Crippen LogP) is 7.46. The molecule has 0 radical (unpaired) electrons. The molecule has 3 aromatic heterocycles. The number of methoxy groups -OCH3 is 1. The van der Waals surface area contributed by atoms with Crippen LogP contribution in [0, 0.1) is 11.8 Å². The summed E-state index contributed by atoms with van der Waals surface area (Å²) in [5, 5.41) is 13.1. The second-order valence-corrected chi connectivity index (χ2v) is 14.8. The van der Waals surface area contributed by atoms with Crippen molar-refractivity contribution in [3.05, 3.63) is 59.4 Å². The van der Waals surface area contributed by atoms with E-state index in [1.165, 1.54) is 5.69 Å². The van der Waals surface area contributed by atoms with Crippen molar-refractivity contribution < 1.29 is 39.4 Å². The number of rotatable bonds is 12. The van der Waals surface area contributed by atoms with Crippen molar-refractivity contribution in [2.45, 2.75) is 112 Å². The molecule has 6 heterocycles. The van der Waals surface area contributed by atoms with Crippen molar-refractivity contribution in [1.82, 2.24) is 29.3 Å². The molecular formula is C42H70N6O8. The van der Waals surface area contributed by atoms with Crippen LogP contribution in [0.1, 0.15) is 131 Å². The third-order valence-electron chi connectivity index (χ3n) is 10.1. The molecule has 56 heavy (non-hydrogen) atoms. The molecule has 0 N–H and O–H groups in total. The van der Waals surface area contributed by atoms with Crippen LogP contribution < -0.4 is 0 Å². The van der Waals surface area contributed by atoms with Crippen LogP contribution in [-0.4, -0.2) is 108 Å². The number of hydrogen-bond acceptors (Lipinski definition) is 11. The van der Waals surface area contributed by atoms with Gasteiger partial charge in [0.1, 0.15) is 0 Å². The summed E-state index contributed by atoms with van der Waals surface area (Å²) < 4.78 is 38.3. The second kappa shape index (κ2) is 23.4. The fraction of sp³-hybridized carbons (Fsp3) is 0.690. The molecule has 0 unspecified atom stereocenters. The van der Waals surface area contributed by atoms with Gasteiger partial charge in [-0.3, -0.25) is 18.8 Å². The van der Waals surface area contributed by atoms with E-state index in [-0.39, 0.29) is 44.7 Å². The highest BCUT2D eigenvalue weighted by Crippen LogP contribution is 2.34. The first-order valence-corrected chi connectivity index (χ1v) is 19.9. The SMILES string of the molecule is C.CCOC(=O)C1=C(c2ccnn2C(C)C)COCC1.CCOC(=O)[C@@H]1CCOC[C@@H]1c1ccnn1C(C)C.COC[C@@H]1CCOC[C@@H]1c1ccnn1C(C)C.[HH]. The summed E-state index contributed by atoms with van der Waals surface area (Å²) in [6.07, 6.45) is 7.80. The zero-order valence-corrected chi connectivity index (χ0v) is 34.4. The molecule has 0 aromatic carbocycles. The number of carbonyl (C=O) groups excluding carboxylic acids is 2. The van der Waals surface area contributed by atoms with Crippen LogP contribution in [-0.2, 0) is 38.0 Å². The Hall–Kier alpha value is -3.85. The molecule has 3 aliphatic heterocycles. The van der Waals surface area contributed by atoms with Crippen molar-refractivity contribution in [2.75, 3.05) is 66.6 Å². The van der Waals surface area contributed by atoms with Crippen molar-refractivity contribution in [3.63, 3.8) is 0 Å². The molecule has 14 nitrogen and oxygen atoms in total. The van der Waals surface area contributed by atoms with Crippen LogP contribution >= 0.6 is 0 Å². The average Bonchev–Trinajstić information content (AvgIpc) is 3.98. The minimum absolute atomic E-state index is 0. The average molecular weight is 787 g/mol. The predicted molar refractivity (Wildman–Crippen MR) is 218 cm³/mol. The van der Waals surface area contributed by atoms with Gasteiger partial charge in [0.05, 0.1) is 51.3 Å². The summed E-state index contributed by atoms with van der Waals surface area (Å²) in [6, 6.07) is 6.92. The third-order valence-corrected chi connectivity index (χ3v) is 10.1. The Morgan fingerprint density at radius 2 is 1.32 bits per heavy atom. The quantitative estimate of drug-likeness (QED) is 0.169. The van der Waals surface area contributed by atoms with Crippen molar-refractivity contribution >= 4 is 17.5 Å². The lowest BCUT2D eigenvalue weighted by Gasteiger charge is -2.32. The maximum Gasteiger partial charge on any atom is 0.334 e. The van der Waals surface area contributed by atoms with Crippen molar-refractivity contribution in [1.29, 1.82) is 0 Å². The van der Waals surface area contributed by atoms with E-state index in [2.05, 4.69) is 67.6 Å². The number of esters is 2. The van der Waals surface area contributed by atoms with Crippen molar-refractivity contribution in [3.8, 4) is 0 Å². The minimum Gasteiger partial charge on any atom is -0.466 e. The Labute approximate surface area is 335 Å². The van der Waals surface area contributed by atoms with Gasteiger partial charge in [0.25, 0.3) is 0 Å². The molecule has 3 aliphatic rings. The molecule has 14 heteroatoms. The number of ether oxygens (including phenoxy) is 6. The summed E-state index contributed by atoms with van der Waals surface area (Å²) in [7, 11) is 1.77. The van der Waals surface area contributed by atoms with Gasteiger partial charge in [0, 0.05) is 106 Å². The third kappa shape index (κ3) is 12.1. The highest BCUT2D eigenvalue weighted by molar-refractivity contribution is 5.97. The van der Waals surface area contributed by atoms with Gasteiger partial charge in [-0.15, -0.1) is 0 Å². The molecule has 0 saturated carbocycles. The van der Waals surface area contributed by atoms with Gasteiger partial charge in [-0.2, -0.15) is 15.3 Å². The first-order valence-electron chi connectivity index (χ1n) is 19.9. The Morgan fingerprint density at radius 3 is 1.91 bits per heavy atom. The normalized spacial score (nSPS) is 21.1. The Balaban J connectivity index is 0.000000291. The first-order chi connectivity index (χ1) is 26.5. The van der Waals surface area contributed by atoms with Gasteiger partial charge >= 0.3 is 11.9 Å². The molecule has 0 aliphatic carbocycles. The van der Waals surface area contributed by atoms with Gasteiger partial charge < -0.3 is 28.4 Å². The summed E-state index contributed by atoms with van der Waals surface area (Å²) >= 11 is 0. The van der Waals surface area contributed by atoms with E-state index >= 15 is 0 Å². The molecule has 2 saturated heterocycles. The highest BCUT2D eigenvalue weighted by Gasteiger charge is 2.36. The number of carbonyl (C=O) groups is 2. The van der Waals surface area contributed by atoms with Crippen LogP contribution in [0.3, 0.4) is 0 Å². The molecule has 0 bridgehead atoms. The maximum atomic E-state index is 12.1. The second-order valence-electron chi connectivity index (χ2n) is 14.8. The van der Waals surface area contributed by atoms with Gasteiger partial charge in [-0.05, 0) is 92.3 Å². The van der Waals surface area contributed by atoms with Crippen LogP contribution in [0.5, 0.6) is 0 Å². The van der Waals surface area contributed by atoms with Gasteiger partial charge in [0.15, 0.2) is 0 Å². The largest absolute Gasteiger partial charge is 0.466 e. The standard InChI is InChI=1S/C14H22N2O3.C14H20N2O3.C13H22N2O2.CH4.H2/c2*1-4-19-14(17)11-6-8-18-9-12(11)13-5-7-15-16(13)10(2)3;1-10(2)15-13(4-6-14-15)12-9-17-7-5-11(12)8-16-3;;/h5,7,10-12H,4,6,8-9H2,1-3H3;5,7,10H,4,6,8-9H2,1-3H3;4,6,10-12H,5,7-9H2,1-3H3;1H4;1H/t11-,12+;;11-,12-;;/m1.0../s1. The lowest BCUT2D eigenvalue weighted by Crippen LogP contribution is -2.34. The van der Waals surface area contributed by atoms with Crippen molar-refractivity contribution in [2.24, 2.45) is 11.8 Å². The smallest absolute Gasteiger partial charge is 0.334 e. The van der Waals surface area contributed by atoms with Crippen LogP contribution in [0.25, 0.3) is 5.57 Å². The van der Waals surface area contributed by atoms with E-state index in [0.29, 0.717) is 70.4 Å². The minimum atomic E-state index is -0.239. The molecule has 0 spiro atoms. The van der Waals surface area contributed by atoms with E-state index in [9.17, 15) is 9.59 Å². The fourth-order valence-corrected chi connectivity index (χ4v) is 7.41. The van der Waals surface area contributed by atoms with E-state index in [4.69, 9.17) is 28.4 Å². The van der Waals surface area contributed by atoms with E-state index in [1.807, 2.05) is 41.5 Å². The summed E-state index contributed by atoms with van der Waals surface area (Å²) in [5.41, 5.74) is 4.90. The summed E-state index contributed by atoms with van der Waals surface area (Å²) in [6.45, 7) is 21.7. The van der Waals surface area contributed by atoms with E-state index in [0.717, 1.165) is 48.8 Å². The van der Waals surface area contributed by atoms with Gasteiger partial charge in [-0.25, -0.2) is 4.79 Å². The van der Waals surface area contributed by atoms with E-state index < -0.39 is 0 Å². The Kier molecular flexibility index (Phi) is 19.4. The summed E-state index contributed by atoms with van der Waals surface area (Å²) in [4.78, 5) is 24.1. The Bertz CT molecular complexity index is 1650. The topological polar surface area (TPSA) is 143 Å². The van der Waals surface area contributed by atoms with Crippen LogP contribution in [0.4, 0.5) is 0 Å². The number of aromatic nitrogens is 6. The molecule has 2 fully saturated rings. The monoisotopic (exact) mass is 787 g/mol. The van der Waals surface area contributed by atoms with Gasteiger partial charge in [0.2, 0.25) is 0 Å². The molecule has 6 rings (SSSR count). The van der Waals surface area contributed by atoms with Crippen LogP contribution in [0.2, 0.25) is 0 Å². The summed E-state index contributed by atoms with van der Waals surface area (Å²) in [5.74, 6) is 0.516. The molecular weight excluding hydrogens is 716 g/mol. The molecule has 3 aromatic rings. The molecule has 4 atom stereocenters. The highest BCUT2D eigenvalue weighted by atomic mass is 16.5. The molecule has 0 amide bonds. The fourth-order valence-electron chi connectivity index (χ4n) is 7.41. The zero-order valence-electron chi connectivity index (χ0n) is 34.4. The lowest BCUT2D eigenvalue weighted by atomic mass is 9.85. The number of nitrogens with zero attached hydrogens (tertiary/aromatic N) is 6. The molecule has 316 valence electrons. The Morgan fingerprint density at radius 1 is 0.768 bits per heavy atom. The zero-order chi connectivity index (χ0) is 39.9.